The Morgan fingerprint density at radius 2 is 2.31 bits per heavy atom. The van der Waals surface area contributed by atoms with Gasteiger partial charge in [-0.15, -0.1) is 0 Å². The maximum absolute atomic E-state index is 13.6. The van der Waals surface area contributed by atoms with Gasteiger partial charge in [0.05, 0.1) is 12.1 Å². The summed E-state index contributed by atoms with van der Waals surface area (Å²) in [7, 11) is 1.86. The average molecular weight is 222 g/mol. The number of nitrogens with zero attached hydrogens (tertiary/aromatic N) is 1. The van der Waals surface area contributed by atoms with Gasteiger partial charge in [0, 0.05) is 6.54 Å². The van der Waals surface area contributed by atoms with E-state index >= 15 is 0 Å². The Balaban J connectivity index is 2.18. The van der Waals surface area contributed by atoms with Gasteiger partial charge in [0.1, 0.15) is 5.82 Å². The maximum Gasteiger partial charge on any atom is 0.231 e. The van der Waals surface area contributed by atoms with Crippen molar-refractivity contribution in [1.82, 2.24) is 5.32 Å². The lowest BCUT2D eigenvalue weighted by Gasteiger charge is -2.17. The lowest BCUT2D eigenvalue weighted by molar-refractivity contribution is -0.117. The predicted octanol–water partition coefficient (Wildman–Crippen LogP) is 1.32. The highest BCUT2D eigenvalue weighted by molar-refractivity contribution is 6.01. The van der Waals surface area contributed by atoms with Crippen molar-refractivity contribution in [1.29, 1.82) is 0 Å². The van der Waals surface area contributed by atoms with Crippen LogP contribution < -0.4 is 10.2 Å². The summed E-state index contributed by atoms with van der Waals surface area (Å²) in [6.07, 6.45) is 1.16. The van der Waals surface area contributed by atoms with Crippen molar-refractivity contribution in [2.75, 3.05) is 25.0 Å². The third kappa shape index (κ3) is 1.93. The van der Waals surface area contributed by atoms with E-state index in [4.69, 9.17) is 0 Å². The number of halogens is 1. The molecule has 1 aliphatic rings. The molecule has 86 valence electrons. The molecule has 4 heteroatoms. The molecule has 1 N–H and O–H groups in total. The first-order valence-corrected chi connectivity index (χ1v) is 5.46. The van der Waals surface area contributed by atoms with Crippen LogP contribution in [0.5, 0.6) is 0 Å². The highest BCUT2D eigenvalue weighted by Gasteiger charge is 2.29. The molecule has 1 aromatic rings. The minimum atomic E-state index is -0.298. The fraction of sp³-hybridized carbons (Fsp3) is 0.417. The zero-order chi connectivity index (χ0) is 11.5. The lowest BCUT2D eigenvalue weighted by atomic mass is 10.1. The molecule has 1 aromatic carbocycles. The second-order valence-corrected chi connectivity index (χ2v) is 3.93. The van der Waals surface area contributed by atoms with Gasteiger partial charge in [-0.05, 0) is 31.6 Å². The van der Waals surface area contributed by atoms with Gasteiger partial charge in [0.15, 0.2) is 0 Å². The zero-order valence-corrected chi connectivity index (χ0v) is 9.29. The number of nitrogens with one attached hydrogen (secondary N) is 1. The number of amides is 1. The van der Waals surface area contributed by atoms with Crippen LogP contribution >= 0.6 is 0 Å². The molecular weight excluding hydrogens is 207 g/mol. The van der Waals surface area contributed by atoms with Gasteiger partial charge in [0.2, 0.25) is 5.91 Å². The molecule has 0 atom stereocenters. The minimum Gasteiger partial charge on any atom is -0.320 e. The highest BCUT2D eigenvalue weighted by Crippen LogP contribution is 2.31. The molecule has 0 radical (unpaired) electrons. The standard InChI is InChI=1S/C12H15FN2O/c1-14-6-3-7-15-11(16)8-9-4-2-5-10(13)12(9)15/h2,4-5,14H,3,6-8H2,1H3. The number of para-hydroxylation sites is 1. The number of carbonyl (C=O) groups excluding carboxylic acids is 1. The number of fused-ring (bicyclic) bond motifs is 1. The van der Waals surface area contributed by atoms with Crippen molar-refractivity contribution >= 4 is 11.6 Å². The van der Waals surface area contributed by atoms with Gasteiger partial charge in [-0.25, -0.2) is 4.39 Å². The Kier molecular flexibility index (Phi) is 3.19. The van der Waals surface area contributed by atoms with E-state index in [1.807, 2.05) is 13.1 Å². The monoisotopic (exact) mass is 222 g/mol. The topological polar surface area (TPSA) is 32.3 Å². The van der Waals surface area contributed by atoms with Crippen LogP contribution in [0.4, 0.5) is 10.1 Å². The largest absolute Gasteiger partial charge is 0.320 e. The van der Waals surface area contributed by atoms with Crippen LogP contribution in [0, 0.1) is 5.82 Å². The molecule has 3 nitrogen and oxygen atoms in total. The Morgan fingerprint density at radius 1 is 1.50 bits per heavy atom. The summed E-state index contributed by atoms with van der Waals surface area (Å²) in [4.78, 5) is 13.3. The van der Waals surface area contributed by atoms with Gasteiger partial charge in [-0.3, -0.25) is 4.79 Å². The SMILES string of the molecule is CNCCCN1C(=O)Cc2cccc(F)c21. The normalized spacial score (nSPS) is 14.4. The summed E-state index contributed by atoms with van der Waals surface area (Å²) >= 11 is 0. The van der Waals surface area contributed by atoms with Crippen molar-refractivity contribution in [3.63, 3.8) is 0 Å². The number of rotatable bonds is 4. The maximum atomic E-state index is 13.6. The van der Waals surface area contributed by atoms with Crippen molar-refractivity contribution in [3.05, 3.63) is 29.6 Å². The number of benzene rings is 1. The van der Waals surface area contributed by atoms with Crippen LogP contribution in [0.3, 0.4) is 0 Å². The van der Waals surface area contributed by atoms with Crippen molar-refractivity contribution in [2.45, 2.75) is 12.8 Å². The molecule has 16 heavy (non-hydrogen) atoms. The van der Waals surface area contributed by atoms with E-state index in [1.54, 1.807) is 11.0 Å². The van der Waals surface area contributed by atoms with Gasteiger partial charge in [-0.2, -0.15) is 0 Å². The number of hydrogen-bond donors (Lipinski definition) is 1. The minimum absolute atomic E-state index is 0.00352. The summed E-state index contributed by atoms with van der Waals surface area (Å²) in [5.41, 5.74) is 1.28. The van der Waals surface area contributed by atoms with Gasteiger partial charge >= 0.3 is 0 Å². The molecule has 0 saturated carbocycles. The highest BCUT2D eigenvalue weighted by atomic mass is 19.1. The number of hydrogen-bond acceptors (Lipinski definition) is 2. The Morgan fingerprint density at radius 3 is 3.06 bits per heavy atom. The predicted molar refractivity (Wildman–Crippen MR) is 61.0 cm³/mol. The van der Waals surface area contributed by atoms with E-state index in [0.29, 0.717) is 18.7 Å². The van der Waals surface area contributed by atoms with Crippen LogP contribution in [-0.4, -0.2) is 26.0 Å². The molecule has 1 amide bonds. The second kappa shape index (κ2) is 4.61. The van der Waals surface area contributed by atoms with Crippen LogP contribution in [0.1, 0.15) is 12.0 Å². The number of carbonyl (C=O) groups is 1. The first-order chi connectivity index (χ1) is 7.74. The molecule has 0 fully saturated rings. The molecule has 1 aliphatic heterocycles. The summed E-state index contributed by atoms with van der Waals surface area (Å²) in [5.74, 6) is -0.302. The summed E-state index contributed by atoms with van der Waals surface area (Å²) in [5, 5.41) is 3.01. The van der Waals surface area contributed by atoms with Crippen molar-refractivity contribution < 1.29 is 9.18 Å². The molecule has 0 spiro atoms. The van der Waals surface area contributed by atoms with E-state index in [1.165, 1.54) is 6.07 Å². The number of anilines is 1. The third-order valence-corrected chi connectivity index (χ3v) is 2.79. The summed E-state index contributed by atoms with van der Waals surface area (Å²) in [6, 6.07) is 4.87. The fourth-order valence-corrected chi connectivity index (χ4v) is 2.04. The van der Waals surface area contributed by atoms with E-state index in [9.17, 15) is 9.18 Å². The molecule has 0 unspecified atom stereocenters. The third-order valence-electron chi connectivity index (χ3n) is 2.79. The van der Waals surface area contributed by atoms with E-state index in [-0.39, 0.29) is 11.7 Å². The Bertz CT molecular complexity index is 406. The molecule has 2 rings (SSSR count). The quantitative estimate of drug-likeness (QED) is 0.779. The Labute approximate surface area is 94.3 Å². The van der Waals surface area contributed by atoms with Crippen LogP contribution in [0.2, 0.25) is 0 Å². The Hall–Kier alpha value is -1.42. The smallest absolute Gasteiger partial charge is 0.231 e. The van der Waals surface area contributed by atoms with Crippen LogP contribution in [0.25, 0.3) is 0 Å². The van der Waals surface area contributed by atoms with Gasteiger partial charge in [-0.1, -0.05) is 12.1 Å². The average Bonchev–Trinajstić information content (AvgIpc) is 2.57. The zero-order valence-electron chi connectivity index (χ0n) is 9.29. The van der Waals surface area contributed by atoms with Crippen molar-refractivity contribution in [2.24, 2.45) is 0 Å². The van der Waals surface area contributed by atoms with E-state index in [0.717, 1.165) is 18.5 Å². The first kappa shape index (κ1) is 11.1. The molecule has 0 bridgehead atoms. The molecule has 0 saturated heterocycles. The van der Waals surface area contributed by atoms with Crippen LogP contribution in [0.15, 0.2) is 18.2 Å². The van der Waals surface area contributed by atoms with E-state index < -0.39 is 0 Å². The van der Waals surface area contributed by atoms with Crippen molar-refractivity contribution in [3.8, 4) is 0 Å². The van der Waals surface area contributed by atoms with E-state index in [2.05, 4.69) is 5.32 Å². The van der Waals surface area contributed by atoms with Gasteiger partial charge < -0.3 is 10.2 Å². The lowest BCUT2D eigenvalue weighted by Crippen LogP contribution is -2.30. The second-order valence-electron chi connectivity index (χ2n) is 3.93. The fourth-order valence-electron chi connectivity index (χ4n) is 2.04. The molecule has 1 heterocycles. The summed E-state index contributed by atoms with van der Waals surface area (Å²) < 4.78 is 13.6. The molecule has 0 aliphatic carbocycles. The first-order valence-electron chi connectivity index (χ1n) is 5.46. The van der Waals surface area contributed by atoms with Crippen LogP contribution in [-0.2, 0) is 11.2 Å². The van der Waals surface area contributed by atoms with Gasteiger partial charge in [0.25, 0.3) is 0 Å². The molecular formula is C12H15FN2O. The molecule has 0 aromatic heterocycles. The summed E-state index contributed by atoms with van der Waals surface area (Å²) in [6.45, 7) is 1.40.